The fourth-order valence-electron chi connectivity index (χ4n) is 1.94. The quantitative estimate of drug-likeness (QED) is 0.693. The Morgan fingerprint density at radius 2 is 2.21 bits per heavy atom. The van der Waals surface area contributed by atoms with Crippen LogP contribution in [0.3, 0.4) is 0 Å². The van der Waals surface area contributed by atoms with E-state index in [1.807, 2.05) is 0 Å². The van der Waals surface area contributed by atoms with Crippen LogP contribution >= 0.6 is 0 Å². The van der Waals surface area contributed by atoms with Gasteiger partial charge in [-0.2, -0.15) is 5.10 Å². The van der Waals surface area contributed by atoms with Crippen LogP contribution in [0.2, 0.25) is 0 Å². The molecule has 1 aromatic rings. The summed E-state index contributed by atoms with van der Waals surface area (Å²) in [4.78, 5) is 2.28. The molecule has 0 saturated carbocycles. The Morgan fingerprint density at radius 1 is 1.29 bits per heavy atom. The number of nitrogens with zero attached hydrogens (tertiary/aromatic N) is 3. The first-order valence-corrected chi connectivity index (χ1v) is 5.24. The van der Waals surface area contributed by atoms with E-state index in [0.717, 1.165) is 38.4 Å². The van der Waals surface area contributed by atoms with Gasteiger partial charge in [-0.1, -0.05) is 0 Å². The minimum atomic E-state index is 0.950. The minimum Gasteiger partial charge on any atom is -0.355 e. The van der Waals surface area contributed by atoms with Gasteiger partial charge in [-0.25, -0.2) is 0 Å². The van der Waals surface area contributed by atoms with Crippen molar-refractivity contribution in [1.82, 2.24) is 15.5 Å². The van der Waals surface area contributed by atoms with Crippen molar-refractivity contribution in [3.63, 3.8) is 0 Å². The largest absolute Gasteiger partial charge is 0.355 e. The van der Waals surface area contributed by atoms with E-state index < -0.39 is 0 Å². The molecule has 1 N–H and O–H groups in total. The van der Waals surface area contributed by atoms with Gasteiger partial charge in [-0.05, 0) is 18.1 Å². The normalized spacial score (nSPS) is 20.1. The van der Waals surface area contributed by atoms with Crippen LogP contribution in [-0.4, -0.2) is 29.8 Å². The number of anilines is 1. The molecule has 0 amide bonds. The van der Waals surface area contributed by atoms with Crippen molar-refractivity contribution in [2.75, 3.05) is 24.5 Å². The molecule has 1 aromatic heterocycles. The molecule has 0 aliphatic carbocycles. The first kappa shape index (κ1) is 8.17. The lowest BCUT2D eigenvalue weighted by Gasteiger charge is -2.32. The Hall–Kier alpha value is -1.16. The zero-order valence-corrected chi connectivity index (χ0v) is 8.16. The molecule has 2 aliphatic heterocycles. The van der Waals surface area contributed by atoms with E-state index >= 15 is 0 Å². The predicted octanol–water partition coefficient (Wildman–Crippen LogP) is 0.332. The molecule has 0 aromatic carbocycles. The monoisotopic (exact) mass is 190 g/mol. The molecule has 1 fully saturated rings. The van der Waals surface area contributed by atoms with Crippen LogP contribution in [0.4, 0.5) is 5.82 Å². The molecule has 14 heavy (non-hydrogen) atoms. The lowest BCUT2D eigenvalue weighted by atomic mass is 10.1. The molecule has 3 heterocycles. The van der Waals surface area contributed by atoms with Crippen LogP contribution < -0.4 is 10.2 Å². The summed E-state index contributed by atoms with van der Waals surface area (Å²) in [5.41, 5.74) is 2.50. The van der Waals surface area contributed by atoms with Gasteiger partial charge in [0.2, 0.25) is 0 Å². The highest BCUT2D eigenvalue weighted by Crippen LogP contribution is 2.20. The third-order valence-corrected chi connectivity index (χ3v) is 2.98. The van der Waals surface area contributed by atoms with Gasteiger partial charge < -0.3 is 10.2 Å². The highest BCUT2D eigenvalue weighted by Gasteiger charge is 2.18. The third-order valence-electron chi connectivity index (χ3n) is 2.98. The fourth-order valence-corrected chi connectivity index (χ4v) is 1.94. The van der Waals surface area contributed by atoms with E-state index in [9.17, 15) is 0 Å². The van der Waals surface area contributed by atoms with E-state index in [4.69, 9.17) is 0 Å². The summed E-state index contributed by atoms with van der Waals surface area (Å²) < 4.78 is 0. The van der Waals surface area contributed by atoms with E-state index in [-0.39, 0.29) is 0 Å². The third kappa shape index (κ3) is 1.26. The Labute approximate surface area is 83.3 Å². The lowest BCUT2D eigenvalue weighted by molar-refractivity contribution is 0.588. The Bertz CT molecular complexity index is 346. The average Bonchev–Trinajstić information content (AvgIpc) is 2.15. The van der Waals surface area contributed by atoms with Gasteiger partial charge in [-0.3, -0.25) is 0 Å². The molecule has 0 unspecified atom stereocenters. The van der Waals surface area contributed by atoms with Crippen molar-refractivity contribution in [2.24, 2.45) is 0 Å². The summed E-state index contributed by atoms with van der Waals surface area (Å²) in [7, 11) is 0. The van der Waals surface area contributed by atoms with Gasteiger partial charge in [0, 0.05) is 32.6 Å². The first-order chi connectivity index (χ1) is 6.93. The molecule has 0 atom stereocenters. The van der Waals surface area contributed by atoms with Crippen molar-refractivity contribution >= 4 is 5.82 Å². The second kappa shape index (κ2) is 3.20. The number of hydrogen-bond acceptors (Lipinski definition) is 4. The van der Waals surface area contributed by atoms with Crippen LogP contribution in [0.1, 0.15) is 17.7 Å². The van der Waals surface area contributed by atoms with E-state index in [1.165, 1.54) is 17.7 Å². The summed E-state index contributed by atoms with van der Waals surface area (Å²) in [5.74, 6) is 1.05. The SMILES string of the molecule is c1c(N2CCC2)nnc2c1CNCC2. The van der Waals surface area contributed by atoms with Crippen LogP contribution in [0.25, 0.3) is 0 Å². The minimum absolute atomic E-state index is 0.950. The number of hydrogen-bond donors (Lipinski definition) is 1. The fraction of sp³-hybridized carbons (Fsp3) is 0.600. The molecule has 0 spiro atoms. The molecular formula is C10H14N4. The van der Waals surface area contributed by atoms with Gasteiger partial charge in [0.05, 0.1) is 5.69 Å². The van der Waals surface area contributed by atoms with Crippen molar-refractivity contribution in [3.8, 4) is 0 Å². The second-order valence-electron chi connectivity index (χ2n) is 3.94. The molecule has 2 aliphatic rings. The average molecular weight is 190 g/mol. The van der Waals surface area contributed by atoms with Crippen LogP contribution in [0, 0.1) is 0 Å². The summed E-state index contributed by atoms with van der Waals surface area (Å²) in [5, 5.41) is 11.9. The lowest BCUT2D eigenvalue weighted by Crippen LogP contribution is -2.38. The number of rotatable bonds is 1. The maximum Gasteiger partial charge on any atom is 0.151 e. The van der Waals surface area contributed by atoms with Gasteiger partial charge >= 0.3 is 0 Å². The molecular weight excluding hydrogens is 176 g/mol. The van der Waals surface area contributed by atoms with Crippen molar-refractivity contribution in [3.05, 3.63) is 17.3 Å². The van der Waals surface area contributed by atoms with Crippen LogP contribution in [-0.2, 0) is 13.0 Å². The standard InChI is InChI=1S/C10H14N4/c1-4-14(5-1)10-6-8-7-11-3-2-9(8)12-13-10/h6,11H,1-5,7H2. The van der Waals surface area contributed by atoms with Gasteiger partial charge in [0.1, 0.15) is 0 Å². The van der Waals surface area contributed by atoms with Gasteiger partial charge in [0.25, 0.3) is 0 Å². The molecule has 0 bridgehead atoms. The zero-order valence-electron chi connectivity index (χ0n) is 8.16. The second-order valence-corrected chi connectivity index (χ2v) is 3.94. The summed E-state index contributed by atoms with van der Waals surface area (Å²) in [6.07, 6.45) is 2.31. The van der Waals surface area contributed by atoms with Crippen molar-refractivity contribution in [2.45, 2.75) is 19.4 Å². The molecule has 0 radical (unpaired) electrons. The molecule has 1 saturated heterocycles. The van der Waals surface area contributed by atoms with E-state index in [0.29, 0.717) is 0 Å². The van der Waals surface area contributed by atoms with Crippen molar-refractivity contribution < 1.29 is 0 Å². The first-order valence-electron chi connectivity index (χ1n) is 5.24. The summed E-state index contributed by atoms with van der Waals surface area (Å²) in [6.45, 7) is 4.26. The van der Waals surface area contributed by atoms with Gasteiger partial charge in [0.15, 0.2) is 5.82 Å². The topological polar surface area (TPSA) is 41.1 Å². The summed E-state index contributed by atoms with van der Waals surface area (Å²) >= 11 is 0. The number of aromatic nitrogens is 2. The Kier molecular flexibility index (Phi) is 1.87. The Balaban J connectivity index is 1.92. The van der Waals surface area contributed by atoms with Crippen LogP contribution in [0.5, 0.6) is 0 Å². The highest BCUT2D eigenvalue weighted by atomic mass is 15.3. The predicted molar refractivity (Wildman–Crippen MR) is 54.3 cm³/mol. The smallest absolute Gasteiger partial charge is 0.151 e. The number of fused-ring (bicyclic) bond motifs is 1. The molecule has 4 nitrogen and oxygen atoms in total. The maximum atomic E-state index is 4.29. The zero-order chi connectivity index (χ0) is 9.38. The maximum absolute atomic E-state index is 4.29. The van der Waals surface area contributed by atoms with Crippen LogP contribution in [0.15, 0.2) is 6.07 Å². The molecule has 4 heteroatoms. The van der Waals surface area contributed by atoms with Crippen molar-refractivity contribution in [1.29, 1.82) is 0 Å². The van der Waals surface area contributed by atoms with E-state index in [2.05, 4.69) is 26.5 Å². The molecule has 74 valence electrons. The molecule has 3 rings (SSSR count). The Morgan fingerprint density at radius 3 is 3.00 bits per heavy atom. The highest BCUT2D eigenvalue weighted by molar-refractivity contribution is 5.43. The van der Waals surface area contributed by atoms with Gasteiger partial charge in [-0.15, -0.1) is 5.10 Å². The number of nitrogens with one attached hydrogen (secondary N) is 1. The summed E-state index contributed by atoms with van der Waals surface area (Å²) in [6, 6.07) is 2.19. The van der Waals surface area contributed by atoms with E-state index in [1.54, 1.807) is 0 Å².